The van der Waals surface area contributed by atoms with Crippen molar-refractivity contribution in [2.24, 2.45) is 5.14 Å². The summed E-state index contributed by atoms with van der Waals surface area (Å²) in [6, 6.07) is 2.72. The molecule has 2 aromatic heterocycles. The minimum atomic E-state index is -3.76. The summed E-state index contributed by atoms with van der Waals surface area (Å²) in [5.74, 6) is 0. The molecule has 0 bridgehead atoms. The molecule has 0 amide bonds. The largest absolute Gasteiger partial charge is 0.264 e. The van der Waals surface area contributed by atoms with Gasteiger partial charge in [-0.2, -0.15) is 0 Å². The topological polar surface area (TPSA) is 120 Å². The quantitative estimate of drug-likeness (QED) is 0.372. The van der Waals surface area contributed by atoms with Crippen molar-refractivity contribution in [2.45, 2.75) is 17.2 Å². The lowest BCUT2D eigenvalue weighted by Crippen LogP contribution is -2.12. The highest BCUT2D eigenvalue weighted by molar-refractivity contribution is 15.0. The van der Waals surface area contributed by atoms with E-state index in [2.05, 4.69) is 47.2 Å². The van der Waals surface area contributed by atoms with Crippen LogP contribution in [0.5, 0.6) is 0 Å². The number of rotatable bonds is 2. The van der Waals surface area contributed by atoms with Crippen LogP contribution in [0.1, 0.15) is 7.43 Å². The molecule has 0 fully saturated rings. The summed E-state index contributed by atoms with van der Waals surface area (Å²) in [6.07, 6.45) is 4.98. The van der Waals surface area contributed by atoms with E-state index in [4.69, 9.17) is 39.0 Å². The van der Waals surface area contributed by atoms with Crippen LogP contribution < -0.4 is 5.14 Å². The van der Waals surface area contributed by atoms with Crippen molar-refractivity contribution >= 4 is 90.2 Å². The van der Waals surface area contributed by atoms with E-state index in [1.54, 1.807) is 0 Å². The molecule has 0 radical (unpaired) electrons. The SMILES string of the molecule is C.II.NS(=O)(=O)c1cnccc1Cl.O=S(=O)(Cl)c1cnccc1Cl. The van der Waals surface area contributed by atoms with Gasteiger partial charge >= 0.3 is 0 Å². The predicted molar refractivity (Wildman–Crippen MR) is 118 cm³/mol. The third-order valence-electron chi connectivity index (χ3n) is 2.04. The van der Waals surface area contributed by atoms with Gasteiger partial charge in [-0.1, -0.05) is 30.6 Å². The summed E-state index contributed by atoms with van der Waals surface area (Å²) >= 11 is 15.3. The lowest BCUT2D eigenvalue weighted by Gasteiger charge is -1.97. The Labute approximate surface area is 184 Å². The van der Waals surface area contributed by atoms with Gasteiger partial charge < -0.3 is 0 Å². The molecular weight excluding hydrogens is 662 g/mol. The molecule has 2 aromatic rings. The van der Waals surface area contributed by atoms with E-state index < -0.39 is 19.1 Å². The van der Waals surface area contributed by atoms with Crippen LogP contribution in [0, 0.1) is 0 Å². The highest BCUT2D eigenvalue weighted by Crippen LogP contribution is 2.22. The van der Waals surface area contributed by atoms with E-state index in [0.717, 1.165) is 12.4 Å². The van der Waals surface area contributed by atoms with Crippen LogP contribution in [0.15, 0.2) is 46.7 Å². The zero-order chi connectivity index (χ0) is 19.0. The molecule has 0 aliphatic carbocycles. The van der Waals surface area contributed by atoms with E-state index >= 15 is 0 Å². The highest BCUT2D eigenvalue weighted by atomic mass is 128. The minimum Gasteiger partial charge on any atom is -0.263 e. The maximum Gasteiger partial charge on any atom is 0.264 e. The van der Waals surface area contributed by atoms with Gasteiger partial charge in [0, 0.05) is 72.7 Å². The first-order valence-corrected chi connectivity index (χ1v) is 16.2. The summed E-state index contributed by atoms with van der Waals surface area (Å²) in [5, 5.41) is 4.97. The first-order valence-electron chi connectivity index (χ1n) is 5.34. The number of nitrogens with zero attached hydrogens (tertiary/aromatic N) is 2. The Morgan fingerprint density at radius 3 is 1.44 bits per heavy atom. The molecule has 2 rings (SSSR count). The van der Waals surface area contributed by atoms with Crippen LogP contribution in [-0.4, -0.2) is 26.8 Å². The Kier molecular flexibility index (Phi) is 14.2. The van der Waals surface area contributed by atoms with E-state index in [-0.39, 0.29) is 27.3 Å². The van der Waals surface area contributed by atoms with Gasteiger partial charge in [0.1, 0.15) is 9.79 Å². The molecule has 142 valence electrons. The summed E-state index contributed by atoms with van der Waals surface area (Å²) < 4.78 is 42.8. The monoisotopic (exact) mass is 673 g/mol. The molecule has 0 aliphatic heterocycles. The van der Waals surface area contributed by atoms with Crippen LogP contribution in [0.25, 0.3) is 0 Å². The summed E-state index contributed by atoms with van der Waals surface area (Å²) in [5.41, 5.74) is 0. The van der Waals surface area contributed by atoms with E-state index in [1.807, 2.05) is 0 Å². The normalized spacial score (nSPS) is 10.3. The number of hydrogen-bond acceptors (Lipinski definition) is 6. The third kappa shape index (κ3) is 10.4. The van der Waals surface area contributed by atoms with Crippen molar-refractivity contribution in [2.75, 3.05) is 0 Å². The molecule has 0 spiro atoms. The van der Waals surface area contributed by atoms with Crippen LogP contribution in [0.3, 0.4) is 0 Å². The van der Waals surface area contributed by atoms with Crippen LogP contribution in [0.2, 0.25) is 10.0 Å². The lowest BCUT2D eigenvalue weighted by molar-refractivity contribution is 0.597. The summed E-state index contributed by atoms with van der Waals surface area (Å²) in [4.78, 5) is 6.82. The maximum absolute atomic E-state index is 10.7. The molecule has 2 heterocycles. The second-order valence-corrected chi connectivity index (χ2v) is 8.47. The van der Waals surface area contributed by atoms with Crippen molar-refractivity contribution in [3.05, 3.63) is 47.0 Å². The van der Waals surface area contributed by atoms with Crippen molar-refractivity contribution < 1.29 is 16.8 Å². The van der Waals surface area contributed by atoms with Gasteiger partial charge in [-0.05, 0) is 12.1 Å². The number of pyridine rings is 2. The number of primary sulfonamides is 1. The third-order valence-corrected chi connectivity index (χ3v) is 5.21. The lowest BCUT2D eigenvalue weighted by atomic mass is 10.5. The van der Waals surface area contributed by atoms with Gasteiger partial charge in [0.25, 0.3) is 9.05 Å². The van der Waals surface area contributed by atoms with Gasteiger partial charge in [-0.3, -0.25) is 9.97 Å². The van der Waals surface area contributed by atoms with Gasteiger partial charge in [0.15, 0.2) is 0 Å². The zero-order valence-corrected chi connectivity index (χ0v) is 19.5. The van der Waals surface area contributed by atoms with E-state index in [0.29, 0.717) is 0 Å². The Morgan fingerprint density at radius 1 is 0.880 bits per heavy atom. The second kappa shape index (κ2) is 12.8. The standard InChI is InChI=1S/C5H3Cl2NO2S.C5H5ClN2O2S.CH4.I2/c2*6-4-1-2-8-3-5(4)11(7,9)10;;1-2/h1-3H;1-3H,(H2,7,9,10);1H4;. The van der Waals surface area contributed by atoms with Crippen LogP contribution in [0.4, 0.5) is 0 Å². The molecule has 7 nitrogen and oxygen atoms in total. The van der Waals surface area contributed by atoms with Gasteiger partial charge in [-0.25, -0.2) is 22.0 Å². The fourth-order valence-electron chi connectivity index (χ4n) is 1.11. The first kappa shape index (κ1) is 27.7. The molecule has 2 N–H and O–H groups in total. The minimum absolute atomic E-state index is 0. The average Bonchev–Trinajstić information content (AvgIpc) is 2.48. The molecule has 14 heteroatoms. The number of nitrogens with two attached hydrogens (primary N) is 1. The van der Waals surface area contributed by atoms with Crippen LogP contribution in [-0.2, 0) is 19.1 Å². The summed E-state index contributed by atoms with van der Waals surface area (Å²) in [7, 11) is -2.47. The van der Waals surface area contributed by atoms with Crippen molar-refractivity contribution in [1.82, 2.24) is 9.97 Å². The van der Waals surface area contributed by atoms with Gasteiger partial charge in [0.05, 0.1) is 10.0 Å². The number of halogens is 5. The molecule has 0 aliphatic rings. The van der Waals surface area contributed by atoms with E-state index in [1.165, 1.54) is 24.5 Å². The van der Waals surface area contributed by atoms with Crippen molar-refractivity contribution in [3.63, 3.8) is 0 Å². The zero-order valence-electron chi connectivity index (χ0n) is 11.3. The van der Waals surface area contributed by atoms with E-state index in [9.17, 15) is 16.8 Å². The van der Waals surface area contributed by atoms with Crippen LogP contribution >= 0.6 is 71.1 Å². The molecule has 0 aromatic carbocycles. The van der Waals surface area contributed by atoms with Crippen molar-refractivity contribution in [3.8, 4) is 0 Å². The number of hydrogen-bond donors (Lipinski definition) is 1. The summed E-state index contributed by atoms with van der Waals surface area (Å²) in [6.45, 7) is 0. The fourth-order valence-corrected chi connectivity index (χ4v) is 3.48. The molecule has 0 unspecified atom stereocenters. The molecule has 0 atom stereocenters. The van der Waals surface area contributed by atoms with Gasteiger partial charge in [0.2, 0.25) is 10.0 Å². The molecule has 0 saturated carbocycles. The van der Waals surface area contributed by atoms with Gasteiger partial charge in [-0.15, -0.1) is 0 Å². The Morgan fingerprint density at radius 2 is 1.24 bits per heavy atom. The highest BCUT2D eigenvalue weighted by Gasteiger charge is 2.13. The smallest absolute Gasteiger partial charge is 0.263 e. The second-order valence-electron chi connectivity index (χ2n) is 3.60. The number of sulfonamides is 1. The Hall–Kier alpha value is 0.490. The Balaban J connectivity index is 0. The molecular formula is C11H12Cl3I2N3O4S2. The average molecular weight is 675 g/mol. The number of aromatic nitrogens is 2. The predicted octanol–water partition coefficient (Wildman–Crippen LogP) is 4.45. The van der Waals surface area contributed by atoms with Crippen molar-refractivity contribution in [1.29, 1.82) is 0 Å². The maximum atomic E-state index is 10.7. The first-order chi connectivity index (χ1) is 11.0. The molecule has 25 heavy (non-hydrogen) atoms. The molecule has 0 saturated heterocycles. The fraction of sp³-hybridized carbons (Fsp3) is 0.0909. The Bertz CT molecular complexity index is 810.